The first kappa shape index (κ1) is 14.8. The Hall–Kier alpha value is -1.59. The maximum absolute atomic E-state index is 13.2. The van der Waals surface area contributed by atoms with Gasteiger partial charge in [0.1, 0.15) is 5.82 Å². The summed E-state index contributed by atoms with van der Waals surface area (Å²) in [5.74, 6) is -0.928. The molecule has 104 valence electrons. The van der Waals surface area contributed by atoms with Crippen molar-refractivity contribution in [2.75, 3.05) is 5.73 Å². The van der Waals surface area contributed by atoms with Gasteiger partial charge < -0.3 is 11.1 Å². The SMILES string of the molecule is Nc1cc(C(=O)NCc2ccccc2Cl)c(Br)cc1F. The third-order valence-electron chi connectivity index (χ3n) is 2.73. The highest BCUT2D eigenvalue weighted by Gasteiger charge is 2.13. The van der Waals surface area contributed by atoms with Crippen LogP contribution in [0.25, 0.3) is 0 Å². The van der Waals surface area contributed by atoms with Crippen LogP contribution in [0, 0.1) is 5.82 Å². The maximum Gasteiger partial charge on any atom is 0.252 e. The summed E-state index contributed by atoms with van der Waals surface area (Å²) in [6.07, 6.45) is 0. The molecular formula is C14H11BrClFN2O. The van der Waals surface area contributed by atoms with Crippen molar-refractivity contribution in [2.24, 2.45) is 0 Å². The molecule has 20 heavy (non-hydrogen) atoms. The average molecular weight is 358 g/mol. The lowest BCUT2D eigenvalue weighted by Crippen LogP contribution is -2.23. The Kier molecular flexibility index (Phi) is 4.62. The van der Waals surface area contributed by atoms with E-state index in [-0.39, 0.29) is 23.7 Å². The van der Waals surface area contributed by atoms with E-state index < -0.39 is 5.82 Å². The second-order valence-electron chi connectivity index (χ2n) is 4.13. The number of carbonyl (C=O) groups excluding carboxylic acids is 1. The predicted molar refractivity (Wildman–Crippen MR) is 81.1 cm³/mol. The van der Waals surface area contributed by atoms with Crippen LogP contribution in [0.4, 0.5) is 10.1 Å². The number of nitrogen functional groups attached to an aromatic ring is 1. The minimum atomic E-state index is -0.570. The number of hydrogen-bond acceptors (Lipinski definition) is 2. The van der Waals surface area contributed by atoms with Crippen molar-refractivity contribution in [1.82, 2.24) is 5.32 Å². The number of hydrogen-bond donors (Lipinski definition) is 2. The number of amides is 1. The molecule has 1 amide bonds. The lowest BCUT2D eigenvalue weighted by molar-refractivity contribution is 0.0950. The van der Waals surface area contributed by atoms with Gasteiger partial charge in [0.15, 0.2) is 0 Å². The van der Waals surface area contributed by atoms with E-state index in [0.29, 0.717) is 9.50 Å². The number of benzene rings is 2. The molecule has 0 aliphatic rings. The monoisotopic (exact) mass is 356 g/mol. The van der Waals surface area contributed by atoms with Gasteiger partial charge in [-0.25, -0.2) is 4.39 Å². The second-order valence-corrected chi connectivity index (χ2v) is 5.39. The molecule has 0 aliphatic carbocycles. The first-order chi connectivity index (χ1) is 9.49. The first-order valence-corrected chi connectivity index (χ1v) is 6.92. The Bertz CT molecular complexity index is 664. The van der Waals surface area contributed by atoms with E-state index in [1.807, 2.05) is 18.2 Å². The molecule has 3 nitrogen and oxygen atoms in total. The molecule has 0 aliphatic heterocycles. The lowest BCUT2D eigenvalue weighted by atomic mass is 10.1. The number of carbonyl (C=O) groups is 1. The van der Waals surface area contributed by atoms with Crippen molar-refractivity contribution in [3.8, 4) is 0 Å². The molecule has 0 bridgehead atoms. The Morgan fingerprint density at radius 1 is 1.35 bits per heavy atom. The number of anilines is 1. The van der Waals surface area contributed by atoms with Gasteiger partial charge in [0, 0.05) is 16.0 Å². The average Bonchev–Trinajstić information content (AvgIpc) is 2.41. The van der Waals surface area contributed by atoms with E-state index >= 15 is 0 Å². The standard InChI is InChI=1S/C14H11BrClFN2O/c15-10-6-12(17)13(18)5-9(10)14(20)19-7-8-3-1-2-4-11(8)16/h1-6H,7,18H2,(H,19,20). The predicted octanol–water partition coefficient (Wildman–Crippen LogP) is 3.75. The summed E-state index contributed by atoms with van der Waals surface area (Å²) in [6, 6.07) is 9.66. The van der Waals surface area contributed by atoms with E-state index in [4.69, 9.17) is 17.3 Å². The third-order valence-corrected chi connectivity index (χ3v) is 3.75. The van der Waals surface area contributed by atoms with Crippen LogP contribution in [0.1, 0.15) is 15.9 Å². The van der Waals surface area contributed by atoms with Gasteiger partial charge in [-0.3, -0.25) is 4.79 Å². The third kappa shape index (κ3) is 3.29. The molecular weight excluding hydrogens is 347 g/mol. The minimum absolute atomic E-state index is 0.0731. The summed E-state index contributed by atoms with van der Waals surface area (Å²) in [6.45, 7) is 0.280. The van der Waals surface area contributed by atoms with Crippen molar-refractivity contribution in [2.45, 2.75) is 6.54 Å². The molecule has 0 fully saturated rings. The van der Waals surface area contributed by atoms with Gasteiger partial charge >= 0.3 is 0 Å². The fourth-order valence-corrected chi connectivity index (χ4v) is 2.35. The fraction of sp³-hybridized carbons (Fsp3) is 0.0714. The highest BCUT2D eigenvalue weighted by Crippen LogP contribution is 2.23. The van der Waals surface area contributed by atoms with Crippen LogP contribution < -0.4 is 11.1 Å². The number of halogens is 3. The van der Waals surface area contributed by atoms with Gasteiger partial charge in [-0.15, -0.1) is 0 Å². The van der Waals surface area contributed by atoms with Crippen molar-refractivity contribution in [3.05, 3.63) is 62.8 Å². The number of nitrogens with one attached hydrogen (secondary N) is 1. The fourth-order valence-electron chi connectivity index (χ4n) is 1.65. The van der Waals surface area contributed by atoms with Crippen molar-refractivity contribution < 1.29 is 9.18 Å². The molecule has 3 N–H and O–H groups in total. The summed E-state index contributed by atoms with van der Waals surface area (Å²) in [7, 11) is 0. The van der Waals surface area contributed by atoms with E-state index in [1.54, 1.807) is 6.07 Å². The van der Waals surface area contributed by atoms with Gasteiger partial charge in [0.25, 0.3) is 5.91 Å². The van der Waals surface area contributed by atoms with Crippen LogP contribution in [0.15, 0.2) is 40.9 Å². The molecule has 2 aromatic carbocycles. The van der Waals surface area contributed by atoms with Crippen LogP contribution in [-0.4, -0.2) is 5.91 Å². The molecule has 0 spiro atoms. The Labute approximate surface area is 129 Å². The molecule has 6 heteroatoms. The smallest absolute Gasteiger partial charge is 0.252 e. The molecule has 0 saturated carbocycles. The van der Waals surface area contributed by atoms with Gasteiger partial charge in [-0.1, -0.05) is 29.8 Å². The molecule has 0 atom stereocenters. The molecule has 0 saturated heterocycles. The largest absolute Gasteiger partial charge is 0.396 e. The minimum Gasteiger partial charge on any atom is -0.396 e. The highest BCUT2D eigenvalue weighted by atomic mass is 79.9. The molecule has 2 aromatic rings. The van der Waals surface area contributed by atoms with Gasteiger partial charge in [0.05, 0.1) is 11.3 Å². The van der Waals surface area contributed by atoms with Crippen LogP contribution in [0.3, 0.4) is 0 Å². The summed E-state index contributed by atoms with van der Waals surface area (Å²) in [5.41, 5.74) is 6.46. The number of rotatable bonds is 3. The first-order valence-electron chi connectivity index (χ1n) is 5.75. The topological polar surface area (TPSA) is 55.1 Å². The van der Waals surface area contributed by atoms with Crippen molar-refractivity contribution in [1.29, 1.82) is 0 Å². The van der Waals surface area contributed by atoms with Gasteiger partial charge in [-0.2, -0.15) is 0 Å². The summed E-state index contributed by atoms with van der Waals surface area (Å²) in [4.78, 5) is 12.1. The Morgan fingerprint density at radius 2 is 2.05 bits per heavy atom. The zero-order valence-corrected chi connectivity index (χ0v) is 12.6. The lowest BCUT2D eigenvalue weighted by Gasteiger charge is -2.09. The summed E-state index contributed by atoms with van der Waals surface area (Å²) < 4.78 is 13.6. The van der Waals surface area contributed by atoms with Crippen LogP contribution in [-0.2, 0) is 6.54 Å². The quantitative estimate of drug-likeness (QED) is 0.822. The highest BCUT2D eigenvalue weighted by molar-refractivity contribution is 9.10. The second kappa shape index (κ2) is 6.24. The van der Waals surface area contributed by atoms with E-state index in [0.717, 1.165) is 5.56 Å². The molecule has 0 radical (unpaired) electrons. The zero-order chi connectivity index (χ0) is 14.7. The number of nitrogens with two attached hydrogens (primary N) is 1. The van der Waals surface area contributed by atoms with E-state index in [2.05, 4.69) is 21.2 Å². The summed E-state index contributed by atoms with van der Waals surface area (Å²) in [5, 5.41) is 3.29. The van der Waals surface area contributed by atoms with Crippen LogP contribution in [0.5, 0.6) is 0 Å². The molecule has 0 aromatic heterocycles. The summed E-state index contributed by atoms with van der Waals surface area (Å²) >= 11 is 9.14. The zero-order valence-electron chi connectivity index (χ0n) is 10.3. The maximum atomic E-state index is 13.2. The van der Waals surface area contributed by atoms with E-state index in [1.165, 1.54) is 12.1 Å². The Morgan fingerprint density at radius 3 is 2.75 bits per heavy atom. The molecule has 0 unspecified atom stereocenters. The van der Waals surface area contributed by atoms with Crippen molar-refractivity contribution in [3.63, 3.8) is 0 Å². The van der Waals surface area contributed by atoms with Gasteiger partial charge in [-0.05, 0) is 39.7 Å². The van der Waals surface area contributed by atoms with Crippen LogP contribution in [0.2, 0.25) is 5.02 Å². The molecule has 0 heterocycles. The van der Waals surface area contributed by atoms with Crippen molar-refractivity contribution >= 4 is 39.1 Å². The molecule has 2 rings (SSSR count). The van der Waals surface area contributed by atoms with Gasteiger partial charge in [0.2, 0.25) is 0 Å². The Balaban J connectivity index is 2.13. The van der Waals surface area contributed by atoms with Crippen LogP contribution >= 0.6 is 27.5 Å². The van der Waals surface area contributed by atoms with E-state index in [9.17, 15) is 9.18 Å². The normalized spacial score (nSPS) is 10.3.